The Hall–Kier alpha value is -2.09. The van der Waals surface area contributed by atoms with Crippen LogP contribution in [0.4, 0.5) is 11.5 Å². The van der Waals surface area contributed by atoms with Crippen molar-refractivity contribution in [1.82, 2.24) is 14.8 Å². The van der Waals surface area contributed by atoms with Crippen LogP contribution in [-0.2, 0) is 17.1 Å². The van der Waals surface area contributed by atoms with Crippen LogP contribution in [0.2, 0.25) is 0 Å². The monoisotopic (exact) mass is 253 g/mol. The van der Waals surface area contributed by atoms with Crippen LogP contribution in [0.25, 0.3) is 0 Å². The SMILES string of the molecule is Cn1cc(S(=O)(=O)Nc2ncccc2N)cn1. The Bertz CT molecular complexity index is 634. The second-order valence-electron chi connectivity index (χ2n) is 3.40. The van der Waals surface area contributed by atoms with Gasteiger partial charge in [-0.1, -0.05) is 0 Å². The zero-order valence-corrected chi connectivity index (χ0v) is 9.85. The maximum atomic E-state index is 11.9. The van der Waals surface area contributed by atoms with Crippen molar-refractivity contribution in [2.75, 3.05) is 10.5 Å². The summed E-state index contributed by atoms with van der Waals surface area (Å²) in [6.07, 6.45) is 4.10. The fourth-order valence-corrected chi connectivity index (χ4v) is 2.25. The average Bonchev–Trinajstić information content (AvgIpc) is 2.69. The molecule has 90 valence electrons. The Kier molecular flexibility index (Phi) is 2.72. The molecule has 2 aromatic heterocycles. The predicted molar refractivity (Wildman–Crippen MR) is 62.7 cm³/mol. The summed E-state index contributed by atoms with van der Waals surface area (Å²) >= 11 is 0. The molecule has 0 saturated heterocycles. The molecular weight excluding hydrogens is 242 g/mol. The van der Waals surface area contributed by atoms with Crippen LogP contribution in [0.15, 0.2) is 35.6 Å². The van der Waals surface area contributed by atoms with Gasteiger partial charge in [0.15, 0.2) is 5.82 Å². The molecule has 17 heavy (non-hydrogen) atoms. The van der Waals surface area contributed by atoms with Crippen molar-refractivity contribution in [2.45, 2.75) is 4.90 Å². The van der Waals surface area contributed by atoms with Gasteiger partial charge in [0.1, 0.15) is 4.90 Å². The lowest BCUT2D eigenvalue weighted by Crippen LogP contribution is -2.14. The highest BCUT2D eigenvalue weighted by Crippen LogP contribution is 2.18. The first-order valence-electron chi connectivity index (χ1n) is 4.71. The van der Waals surface area contributed by atoms with Gasteiger partial charge < -0.3 is 5.73 Å². The van der Waals surface area contributed by atoms with Gasteiger partial charge in [-0.2, -0.15) is 5.10 Å². The molecule has 0 amide bonds. The lowest BCUT2D eigenvalue weighted by Gasteiger charge is -2.06. The second-order valence-corrected chi connectivity index (χ2v) is 5.08. The minimum Gasteiger partial charge on any atom is -0.396 e. The highest BCUT2D eigenvalue weighted by atomic mass is 32.2. The molecule has 0 radical (unpaired) electrons. The lowest BCUT2D eigenvalue weighted by molar-refractivity contribution is 0.601. The molecule has 0 atom stereocenters. The minimum absolute atomic E-state index is 0.0602. The number of nitrogen functional groups attached to an aromatic ring is 1. The largest absolute Gasteiger partial charge is 0.396 e. The Labute approximate surface area is 98.3 Å². The summed E-state index contributed by atoms with van der Waals surface area (Å²) < 4.78 is 27.5. The van der Waals surface area contributed by atoms with E-state index in [0.29, 0.717) is 0 Å². The summed E-state index contributed by atoms with van der Waals surface area (Å²) in [5.41, 5.74) is 5.86. The van der Waals surface area contributed by atoms with Crippen LogP contribution >= 0.6 is 0 Å². The number of nitrogens with two attached hydrogens (primary N) is 1. The molecule has 3 N–H and O–H groups in total. The minimum atomic E-state index is -3.69. The van der Waals surface area contributed by atoms with E-state index in [0.717, 1.165) is 0 Å². The number of nitrogens with one attached hydrogen (secondary N) is 1. The third-order valence-electron chi connectivity index (χ3n) is 2.06. The Morgan fingerprint density at radius 1 is 1.47 bits per heavy atom. The van der Waals surface area contributed by atoms with Crippen LogP contribution in [0, 0.1) is 0 Å². The van der Waals surface area contributed by atoms with Crippen molar-refractivity contribution in [1.29, 1.82) is 0 Å². The van der Waals surface area contributed by atoms with Gasteiger partial charge in [0.25, 0.3) is 10.0 Å². The van der Waals surface area contributed by atoms with Gasteiger partial charge in [0.05, 0.1) is 11.9 Å². The first kappa shape index (κ1) is 11.4. The molecule has 0 aliphatic heterocycles. The first-order chi connectivity index (χ1) is 7.99. The molecule has 0 aliphatic carbocycles. The van der Waals surface area contributed by atoms with E-state index in [1.165, 1.54) is 23.3 Å². The first-order valence-corrected chi connectivity index (χ1v) is 6.19. The van der Waals surface area contributed by atoms with Crippen LogP contribution < -0.4 is 10.5 Å². The molecule has 0 saturated carbocycles. The van der Waals surface area contributed by atoms with E-state index in [1.807, 2.05) is 0 Å². The van der Waals surface area contributed by atoms with Gasteiger partial charge in [-0.05, 0) is 12.1 Å². The lowest BCUT2D eigenvalue weighted by atomic mass is 10.4. The topological polar surface area (TPSA) is 103 Å². The van der Waals surface area contributed by atoms with Crippen molar-refractivity contribution in [3.05, 3.63) is 30.7 Å². The normalized spacial score (nSPS) is 11.4. The third-order valence-corrected chi connectivity index (χ3v) is 3.35. The molecule has 2 heterocycles. The van der Waals surface area contributed by atoms with Crippen molar-refractivity contribution in [3.63, 3.8) is 0 Å². The number of pyridine rings is 1. The van der Waals surface area contributed by atoms with Gasteiger partial charge >= 0.3 is 0 Å². The van der Waals surface area contributed by atoms with E-state index in [9.17, 15) is 8.42 Å². The van der Waals surface area contributed by atoms with Gasteiger partial charge in [-0.15, -0.1) is 0 Å². The number of aromatic nitrogens is 3. The van der Waals surface area contributed by atoms with Crippen LogP contribution in [0.1, 0.15) is 0 Å². The Balaban J connectivity index is 2.33. The summed E-state index contributed by atoms with van der Waals surface area (Å²) in [4.78, 5) is 3.91. The maximum absolute atomic E-state index is 11.9. The molecule has 0 aliphatic rings. The van der Waals surface area contributed by atoms with E-state index in [2.05, 4.69) is 14.8 Å². The second kappa shape index (κ2) is 4.06. The van der Waals surface area contributed by atoms with E-state index in [1.54, 1.807) is 19.2 Å². The number of nitrogens with zero attached hydrogens (tertiary/aromatic N) is 3. The highest BCUT2D eigenvalue weighted by molar-refractivity contribution is 7.92. The molecule has 8 heteroatoms. The number of hydrogen-bond acceptors (Lipinski definition) is 5. The van der Waals surface area contributed by atoms with E-state index < -0.39 is 10.0 Å². The summed E-state index contributed by atoms with van der Waals surface area (Å²) in [7, 11) is -2.06. The zero-order chi connectivity index (χ0) is 12.5. The predicted octanol–water partition coefficient (Wildman–Crippen LogP) is 0.198. The number of hydrogen-bond donors (Lipinski definition) is 2. The summed E-state index contributed by atoms with van der Waals surface area (Å²) in [6, 6.07) is 3.19. The molecule has 0 bridgehead atoms. The van der Waals surface area contributed by atoms with Crippen molar-refractivity contribution < 1.29 is 8.42 Å². The number of rotatable bonds is 3. The molecule has 0 aromatic carbocycles. The highest BCUT2D eigenvalue weighted by Gasteiger charge is 2.17. The van der Waals surface area contributed by atoms with E-state index >= 15 is 0 Å². The van der Waals surface area contributed by atoms with E-state index in [4.69, 9.17) is 5.73 Å². The average molecular weight is 253 g/mol. The smallest absolute Gasteiger partial charge is 0.266 e. The van der Waals surface area contributed by atoms with Crippen LogP contribution in [0.5, 0.6) is 0 Å². The maximum Gasteiger partial charge on any atom is 0.266 e. The Morgan fingerprint density at radius 2 is 2.24 bits per heavy atom. The summed E-state index contributed by atoms with van der Waals surface area (Å²) in [6.45, 7) is 0. The number of aryl methyl sites for hydroxylation is 1. The molecule has 0 spiro atoms. The Morgan fingerprint density at radius 3 is 2.82 bits per heavy atom. The number of anilines is 2. The summed E-state index contributed by atoms with van der Waals surface area (Å²) in [5.74, 6) is 0.108. The van der Waals surface area contributed by atoms with Crippen molar-refractivity contribution in [2.24, 2.45) is 7.05 Å². The van der Waals surface area contributed by atoms with Gasteiger partial charge in [0, 0.05) is 19.4 Å². The fourth-order valence-electron chi connectivity index (χ4n) is 1.23. The molecule has 0 fully saturated rings. The molecule has 7 nitrogen and oxygen atoms in total. The summed E-state index contributed by atoms with van der Waals surface area (Å²) in [5, 5.41) is 3.79. The van der Waals surface area contributed by atoms with E-state index in [-0.39, 0.29) is 16.4 Å². The quantitative estimate of drug-likeness (QED) is 0.813. The van der Waals surface area contributed by atoms with Crippen LogP contribution in [-0.4, -0.2) is 23.2 Å². The molecule has 2 aromatic rings. The zero-order valence-electron chi connectivity index (χ0n) is 9.03. The van der Waals surface area contributed by atoms with Gasteiger partial charge in [0.2, 0.25) is 0 Å². The van der Waals surface area contributed by atoms with Gasteiger partial charge in [-0.25, -0.2) is 13.4 Å². The standard InChI is InChI=1S/C9H11N5O2S/c1-14-6-7(5-12-14)17(15,16)13-9-8(10)3-2-4-11-9/h2-6H,10H2,1H3,(H,11,13). The molecule has 2 rings (SSSR count). The number of sulfonamides is 1. The molecular formula is C9H11N5O2S. The van der Waals surface area contributed by atoms with Crippen molar-refractivity contribution in [3.8, 4) is 0 Å². The van der Waals surface area contributed by atoms with Gasteiger partial charge in [-0.3, -0.25) is 9.40 Å². The fraction of sp³-hybridized carbons (Fsp3) is 0.111. The third kappa shape index (κ3) is 2.36. The molecule has 0 unspecified atom stereocenters. The van der Waals surface area contributed by atoms with Crippen molar-refractivity contribution >= 4 is 21.5 Å². The van der Waals surface area contributed by atoms with Crippen LogP contribution in [0.3, 0.4) is 0 Å².